The molecule has 0 aliphatic carbocycles. The molecule has 0 unspecified atom stereocenters. The fraction of sp³-hybridized carbons (Fsp3) is 0.333. The molecule has 0 saturated heterocycles. The predicted molar refractivity (Wildman–Crippen MR) is 48.1 cm³/mol. The van der Waals surface area contributed by atoms with E-state index < -0.39 is 22.4 Å². The largest absolute Gasteiger partial charge is 0.493 e. The Bertz CT molecular complexity index is 403. The lowest BCUT2D eigenvalue weighted by Crippen LogP contribution is -2.09. The standard InChI is InChI=1S/C9H7F3NO3/c1-2-16-6-3-4-7(9(10,11)12)8(5-6)13(14)15/h4-5H,2H2,1H3. The van der Waals surface area contributed by atoms with E-state index in [9.17, 15) is 23.3 Å². The maximum absolute atomic E-state index is 12.4. The Kier molecular flexibility index (Phi) is 3.36. The van der Waals surface area contributed by atoms with Gasteiger partial charge >= 0.3 is 6.18 Å². The van der Waals surface area contributed by atoms with Crippen LogP contribution in [0.1, 0.15) is 12.5 Å². The molecular weight excluding hydrogens is 227 g/mol. The molecule has 0 heterocycles. The van der Waals surface area contributed by atoms with Crippen LogP contribution in [0.25, 0.3) is 0 Å². The van der Waals surface area contributed by atoms with Crippen LogP contribution in [0.2, 0.25) is 0 Å². The molecule has 0 spiro atoms. The molecule has 1 aromatic rings. The van der Waals surface area contributed by atoms with Gasteiger partial charge in [-0.25, -0.2) is 0 Å². The zero-order valence-corrected chi connectivity index (χ0v) is 8.17. The first-order valence-electron chi connectivity index (χ1n) is 4.26. The first-order valence-corrected chi connectivity index (χ1v) is 4.26. The van der Waals surface area contributed by atoms with Crippen LogP contribution in [0, 0.1) is 16.2 Å². The normalized spacial score (nSPS) is 11.2. The van der Waals surface area contributed by atoms with E-state index in [0.29, 0.717) is 12.1 Å². The number of rotatable bonds is 3. The molecular formula is C9H7F3NO3. The van der Waals surface area contributed by atoms with E-state index in [1.54, 1.807) is 6.92 Å². The van der Waals surface area contributed by atoms with Crippen LogP contribution < -0.4 is 4.74 Å². The topological polar surface area (TPSA) is 52.4 Å². The molecule has 0 amide bonds. The molecule has 0 saturated carbocycles. The van der Waals surface area contributed by atoms with Crippen molar-refractivity contribution >= 4 is 5.69 Å². The van der Waals surface area contributed by atoms with Crippen molar-refractivity contribution in [1.29, 1.82) is 0 Å². The summed E-state index contributed by atoms with van der Waals surface area (Å²) in [4.78, 5) is 9.36. The number of hydrogen-bond donors (Lipinski definition) is 0. The highest BCUT2D eigenvalue weighted by Gasteiger charge is 2.38. The summed E-state index contributed by atoms with van der Waals surface area (Å²) in [6.45, 7) is 1.80. The summed E-state index contributed by atoms with van der Waals surface area (Å²) in [6.07, 6.45) is -4.77. The Morgan fingerprint density at radius 2 is 2.19 bits per heavy atom. The SMILES string of the molecule is CCOc1[c]cc(C(F)(F)F)c([N+](=O)[O-])c1. The van der Waals surface area contributed by atoms with E-state index in [0.717, 1.165) is 0 Å². The second-order valence-corrected chi connectivity index (χ2v) is 2.78. The Hall–Kier alpha value is -1.79. The molecule has 0 fully saturated rings. The molecule has 1 rings (SSSR count). The Morgan fingerprint density at radius 3 is 2.62 bits per heavy atom. The van der Waals surface area contributed by atoms with Gasteiger partial charge in [0.1, 0.15) is 11.3 Å². The maximum Gasteiger partial charge on any atom is 0.423 e. The van der Waals surface area contributed by atoms with Crippen molar-refractivity contribution in [3.05, 3.63) is 33.9 Å². The summed E-state index contributed by atoms with van der Waals surface area (Å²) in [5.41, 5.74) is -2.37. The van der Waals surface area contributed by atoms with Crippen molar-refractivity contribution in [1.82, 2.24) is 0 Å². The summed E-state index contributed by atoms with van der Waals surface area (Å²) >= 11 is 0. The molecule has 0 aliphatic rings. The zero-order valence-electron chi connectivity index (χ0n) is 8.17. The zero-order chi connectivity index (χ0) is 12.3. The molecule has 0 N–H and O–H groups in total. The van der Waals surface area contributed by atoms with Gasteiger partial charge in [-0.3, -0.25) is 10.1 Å². The summed E-state index contributed by atoms with van der Waals surface area (Å²) in [5.74, 6) is -0.0813. The van der Waals surface area contributed by atoms with Crippen molar-refractivity contribution in [2.45, 2.75) is 13.1 Å². The van der Waals surface area contributed by atoms with Gasteiger partial charge in [-0.05, 0) is 13.0 Å². The van der Waals surface area contributed by atoms with Gasteiger partial charge in [0, 0.05) is 6.07 Å². The predicted octanol–water partition coefficient (Wildman–Crippen LogP) is 2.81. The van der Waals surface area contributed by atoms with E-state index in [-0.39, 0.29) is 12.4 Å². The molecule has 0 bridgehead atoms. The number of alkyl halides is 3. The molecule has 0 atom stereocenters. The van der Waals surface area contributed by atoms with Crippen LogP contribution in [-0.4, -0.2) is 11.5 Å². The number of ether oxygens (including phenoxy) is 1. The van der Waals surface area contributed by atoms with Gasteiger partial charge in [-0.2, -0.15) is 13.2 Å². The van der Waals surface area contributed by atoms with E-state index >= 15 is 0 Å². The number of nitro groups is 1. The third kappa shape index (κ3) is 2.62. The van der Waals surface area contributed by atoms with Gasteiger partial charge in [0.2, 0.25) is 0 Å². The third-order valence-electron chi connectivity index (χ3n) is 1.70. The smallest absolute Gasteiger partial charge is 0.423 e. The van der Waals surface area contributed by atoms with Crippen molar-refractivity contribution < 1.29 is 22.8 Å². The van der Waals surface area contributed by atoms with E-state index in [4.69, 9.17) is 4.74 Å². The quantitative estimate of drug-likeness (QED) is 0.596. The second kappa shape index (κ2) is 4.38. The van der Waals surface area contributed by atoms with E-state index in [1.807, 2.05) is 0 Å². The second-order valence-electron chi connectivity index (χ2n) is 2.78. The number of nitro benzene ring substituents is 1. The molecule has 0 aliphatic heterocycles. The summed E-state index contributed by atoms with van der Waals surface area (Å²) in [5, 5.41) is 10.5. The van der Waals surface area contributed by atoms with Gasteiger partial charge in [-0.15, -0.1) is 0 Å². The van der Waals surface area contributed by atoms with E-state index in [1.165, 1.54) is 0 Å². The minimum Gasteiger partial charge on any atom is -0.493 e. The Balaban J connectivity index is 3.25. The fourth-order valence-corrected chi connectivity index (χ4v) is 1.08. The van der Waals surface area contributed by atoms with Crippen molar-refractivity contribution in [2.75, 3.05) is 6.61 Å². The van der Waals surface area contributed by atoms with Gasteiger partial charge in [0.15, 0.2) is 0 Å². The molecule has 0 aromatic heterocycles. The average Bonchev–Trinajstić information content (AvgIpc) is 2.16. The summed E-state index contributed by atoms with van der Waals surface area (Å²) in [6, 6.07) is 3.42. The Labute approximate surface area is 88.8 Å². The monoisotopic (exact) mass is 234 g/mol. The first-order chi connectivity index (χ1) is 7.36. The maximum atomic E-state index is 12.4. The van der Waals surface area contributed by atoms with Crippen molar-refractivity contribution in [3.8, 4) is 5.75 Å². The highest BCUT2D eigenvalue weighted by Crippen LogP contribution is 2.37. The van der Waals surface area contributed by atoms with E-state index in [2.05, 4.69) is 6.07 Å². The number of hydrogen-bond acceptors (Lipinski definition) is 3. The molecule has 1 radical (unpaired) electrons. The number of benzene rings is 1. The van der Waals surface area contributed by atoms with Crippen molar-refractivity contribution in [2.24, 2.45) is 0 Å². The highest BCUT2D eigenvalue weighted by atomic mass is 19.4. The van der Waals surface area contributed by atoms with Crippen LogP contribution in [0.15, 0.2) is 12.1 Å². The van der Waals surface area contributed by atoms with Gasteiger partial charge in [0.25, 0.3) is 5.69 Å². The van der Waals surface area contributed by atoms with Gasteiger partial charge in [0.05, 0.1) is 17.6 Å². The van der Waals surface area contributed by atoms with Crippen LogP contribution in [0.5, 0.6) is 5.75 Å². The molecule has 4 nitrogen and oxygen atoms in total. The third-order valence-corrected chi connectivity index (χ3v) is 1.70. The van der Waals surface area contributed by atoms with Crippen LogP contribution >= 0.6 is 0 Å². The van der Waals surface area contributed by atoms with Crippen LogP contribution in [-0.2, 0) is 6.18 Å². The minimum absolute atomic E-state index is 0.0813. The molecule has 87 valence electrons. The lowest BCUT2D eigenvalue weighted by Gasteiger charge is -2.08. The van der Waals surface area contributed by atoms with Gasteiger partial charge in [-0.1, -0.05) is 0 Å². The number of halogens is 3. The fourth-order valence-electron chi connectivity index (χ4n) is 1.08. The summed E-state index contributed by atoms with van der Waals surface area (Å²) in [7, 11) is 0. The molecule has 7 heteroatoms. The van der Waals surface area contributed by atoms with Crippen LogP contribution in [0.4, 0.5) is 18.9 Å². The van der Waals surface area contributed by atoms with Crippen LogP contribution in [0.3, 0.4) is 0 Å². The van der Waals surface area contributed by atoms with Gasteiger partial charge < -0.3 is 4.74 Å². The Morgan fingerprint density at radius 1 is 1.56 bits per heavy atom. The number of nitrogens with zero attached hydrogens (tertiary/aromatic N) is 1. The average molecular weight is 234 g/mol. The molecule has 16 heavy (non-hydrogen) atoms. The highest BCUT2D eigenvalue weighted by molar-refractivity contribution is 5.46. The lowest BCUT2D eigenvalue weighted by molar-refractivity contribution is -0.388. The summed E-state index contributed by atoms with van der Waals surface area (Å²) < 4.78 is 41.9. The minimum atomic E-state index is -4.77. The first kappa shape index (κ1) is 12.3. The lowest BCUT2D eigenvalue weighted by atomic mass is 10.1. The van der Waals surface area contributed by atoms with Crippen molar-refractivity contribution in [3.63, 3.8) is 0 Å². The molecule has 1 aromatic carbocycles.